The van der Waals surface area contributed by atoms with Gasteiger partial charge in [-0.2, -0.15) is 0 Å². The summed E-state index contributed by atoms with van der Waals surface area (Å²) in [5.41, 5.74) is 3.51. The van der Waals surface area contributed by atoms with Crippen LogP contribution in [0.3, 0.4) is 0 Å². The van der Waals surface area contributed by atoms with Gasteiger partial charge in [0.05, 0.1) is 0 Å². The second-order valence-corrected chi connectivity index (χ2v) is 5.49. The fraction of sp³-hybridized carbons (Fsp3) is 0.294. The number of hydrogen-bond acceptors (Lipinski definition) is 4. The quantitative estimate of drug-likeness (QED) is 0.919. The smallest absolute Gasteiger partial charge is 0.231 e. The van der Waals surface area contributed by atoms with Gasteiger partial charge in [0.25, 0.3) is 0 Å². The number of para-hydroxylation sites is 1. The summed E-state index contributed by atoms with van der Waals surface area (Å²) in [5, 5.41) is 10.2. The highest BCUT2D eigenvalue weighted by Gasteiger charge is 2.21. The molecule has 0 aliphatic carbocycles. The molecule has 0 radical (unpaired) electrons. The lowest BCUT2D eigenvalue weighted by atomic mass is 10.0. The van der Waals surface area contributed by atoms with Crippen molar-refractivity contribution in [2.75, 3.05) is 18.2 Å². The normalized spacial score (nSPS) is 15.9. The van der Waals surface area contributed by atoms with Crippen LogP contribution in [0.5, 0.6) is 17.2 Å². The molecule has 0 unspecified atom stereocenters. The third kappa shape index (κ3) is 2.17. The van der Waals surface area contributed by atoms with Crippen LogP contribution in [0.2, 0.25) is 0 Å². The number of ether oxygens (including phenoxy) is 2. The molecule has 0 fully saturated rings. The Bertz CT molecular complexity index is 684. The Morgan fingerprint density at radius 2 is 1.90 bits per heavy atom. The molecule has 0 aromatic heterocycles. The van der Waals surface area contributed by atoms with E-state index >= 15 is 0 Å². The number of anilines is 1. The van der Waals surface area contributed by atoms with Gasteiger partial charge in [0.15, 0.2) is 11.5 Å². The number of aryl methyl sites for hydroxylation is 1. The van der Waals surface area contributed by atoms with E-state index in [1.807, 2.05) is 6.07 Å². The van der Waals surface area contributed by atoms with E-state index in [9.17, 15) is 5.11 Å². The Balaban J connectivity index is 1.65. The van der Waals surface area contributed by atoms with Gasteiger partial charge in [-0.1, -0.05) is 18.2 Å². The lowest BCUT2D eigenvalue weighted by molar-refractivity contribution is 0.174. The minimum absolute atomic E-state index is 0.227. The second-order valence-electron chi connectivity index (χ2n) is 5.49. The van der Waals surface area contributed by atoms with Crippen LogP contribution in [0, 0.1) is 0 Å². The fourth-order valence-electron chi connectivity index (χ4n) is 3.08. The molecule has 2 aromatic carbocycles. The van der Waals surface area contributed by atoms with Gasteiger partial charge < -0.3 is 19.5 Å². The van der Waals surface area contributed by atoms with Crippen LogP contribution in [0.15, 0.2) is 36.4 Å². The maximum absolute atomic E-state index is 10.2. The summed E-state index contributed by atoms with van der Waals surface area (Å²) in [6, 6.07) is 12.0. The van der Waals surface area contributed by atoms with Crippen molar-refractivity contribution in [1.29, 1.82) is 0 Å². The van der Waals surface area contributed by atoms with Crippen molar-refractivity contribution in [3.05, 3.63) is 47.5 Å². The van der Waals surface area contributed by atoms with Crippen molar-refractivity contribution in [3.63, 3.8) is 0 Å². The lowest BCUT2D eigenvalue weighted by Gasteiger charge is -2.31. The second kappa shape index (κ2) is 4.88. The number of fused-ring (bicyclic) bond motifs is 2. The zero-order valence-corrected chi connectivity index (χ0v) is 11.7. The molecular weight excluding hydrogens is 266 g/mol. The standard InChI is InChI=1S/C17H17NO3/c19-15-9-17-16(20-11-21-17)8-13(15)10-18-7-3-5-12-4-1-2-6-14(12)18/h1-2,4,6,8-9,19H,3,5,7,10-11H2. The Kier molecular flexibility index (Phi) is 2.88. The third-order valence-corrected chi connectivity index (χ3v) is 4.14. The van der Waals surface area contributed by atoms with Gasteiger partial charge in [-0.25, -0.2) is 0 Å². The summed E-state index contributed by atoms with van der Waals surface area (Å²) in [6.45, 7) is 1.91. The average Bonchev–Trinajstić information content (AvgIpc) is 2.95. The number of nitrogens with zero attached hydrogens (tertiary/aromatic N) is 1. The molecule has 2 aliphatic rings. The maximum Gasteiger partial charge on any atom is 0.231 e. The van der Waals surface area contributed by atoms with Gasteiger partial charge in [0.2, 0.25) is 6.79 Å². The number of phenols is 1. The molecule has 4 heteroatoms. The highest BCUT2D eigenvalue weighted by atomic mass is 16.7. The summed E-state index contributed by atoms with van der Waals surface area (Å²) in [6.07, 6.45) is 2.27. The first kappa shape index (κ1) is 12.4. The minimum Gasteiger partial charge on any atom is -0.507 e. The van der Waals surface area contributed by atoms with Crippen LogP contribution in [-0.2, 0) is 13.0 Å². The molecular formula is C17H17NO3. The molecule has 108 valence electrons. The van der Waals surface area contributed by atoms with Crippen molar-refractivity contribution < 1.29 is 14.6 Å². The minimum atomic E-state index is 0.227. The number of benzene rings is 2. The molecule has 0 bridgehead atoms. The van der Waals surface area contributed by atoms with Crippen molar-refractivity contribution in [2.45, 2.75) is 19.4 Å². The van der Waals surface area contributed by atoms with Gasteiger partial charge in [0.1, 0.15) is 5.75 Å². The maximum atomic E-state index is 10.2. The largest absolute Gasteiger partial charge is 0.507 e. The van der Waals surface area contributed by atoms with E-state index in [4.69, 9.17) is 9.47 Å². The number of phenolic OH excluding ortho intramolecular Hbond substituents is 1. The first-order valence-corrected chi connectivity index (χ1v) is 7.25. The van der Waals surface area contributed by atoms with Gasteiger partial charge >= 0.3 is 0 Å². The average molecular weight is 283 g/mol. The molecule has 1 N–H and O–H groups in total. The van der Waals surface area contributed by atoms with E-state index in [2.05, 4.69) is 29.2 Å². The molecule has 2 heterocycles. The summed E-state index contributed by atoms with van der Waals surface area (Å²) < 4.78 is 10.7. The molecule has 0 saturated carbocycles. The van der Waals surface area contributed by atoms with E-state index in [0.29, 0.717) is 18.0 Å². The van der Waals surface area contributed by atoms with Crippen molar-refractivity contribution in [3.8, 4) is 17.2 Å². The van der Waals surface area contributed by atoms with Crippen molar-refractivity contribution in [1.82, 2.24) is 0 Å². The SMILES string of the molecule is Oc1cc2c(cc1CN1CCCc3ccccc31)OCO2. The molecule has 0 saturated heterocycles. The fourth-order valence-corrected chi connectivity index (χ4v) is 3.08. The molecule has 4 nitrogen and oxygen atoms in total. The van der Waals surface area contributed by atoms with E-state index in [-0.39, 0.29) is 12.5 Å². The predicted molar refractivity (Wildman–Crippen MR) is 80.0 cm³/mol. The summed E-state index contributed by atoms with van der Waals surface area (Å²) in [4.78, 5) is 2.32. The van der Waals surface area contributed by atoms with Gasteiger partial charge in [0, 0.05) is 30.4 Å². The van der Waals surface area contributed by atoms with E-state index < -0.39 is 0 Å². The molecule has 0 spiro atoms. The number of hydrogen-bond donors (Lipinski definition) is 1. The lowest BCUT2D eigenvalue weighted by Crippen LogP contribution is -2.28. The van der Waals surface area contributed by atoms with Crippen LogP contribution in [0.4, 0.5) is 5.69 Å². The number of aromatic hydroxyl groups is 1. The van der Waals surface area contributed by atoms with E-state index in [1.54, 1.807) is 6.07 Å². The van der Waals surface area contributed by atoms with Gasteiger partial charge in [-0.05, 0) is 30.5 Å². The Morgan fingerprint density at radius 3 is 2.81 bits per heavy atom. The Labute approximate surface area is 123 Å². The Morgan fingerprint density at radius 1 is 1.10 bits per heavy atom. The topological polar surface area (TPSA) is 41.9 Å². The third-order valence-electron chi connectivity index (χ3n) is 4.14. The summed E-state index contributed by atoms with van der Waals surface area (Å²) in [5.74, 6) is 1.60. The Hall–Kier alpha value is -2.36. The van der Waals surface area contributed by atoms with Gasteiger partial charge in [-0.3, -0.25) is 0 Å². The van der Waals surface area contributed by atoms with Crippen LogP contribution in [0.25, 0.3) is 0 Å². The first-order valence-electron chi connectivity index (χ1n) is 7.25. The van der Waals surface area contributed by atoms with Crippen LogP contribution in [0.1, 0.15) is 17.5 Å². The van der Waals surface area contributed by atoms with E-state index in [1.165, 1.54) is 11.3 Å². The number of rotatable bonds is 2. The van der Waals surface area contributed by atoms with Crippen LogP contribution < -0.4 is 14.4 Å². The highest BCUT2D eigenvalue weighted by Crippen LogP contribution is 2.39. The molecule has 2 aliphatic heterocycles. The molecule has 0 amide bonds. The monoisotopic (exact) mass is 283 g/mol. The predicted octanol–water partition coefficient (Wildman–Crippen LogP) is 3.07. The zero-order valence-electron chi connectivity index (χ0n) is 11.7. The van der Waals surface area contributed by atoms with Crippen LogP contribution >= 0.6 is 0 Å². The molecule has 0 atom stereocenters. The zero-order chi connectivity index (χ0) is 14.2. The van der Waals surface area contributed by atoms with Crippen molar-refractivity contribution in [2.24, 2.45) is 0 Å². The van der Waals surface area contributed by atoms with E-state index in [0.717, 1.165) is 24.9 Å². The molecule has 2 aromatic rings. The summed E-state index contributed by atoms with van der Waals surface area (Å²) >= 11 is 0. The first-order chi connectivity index (χ1) is 10.3. The molecule has 21 heavy (non-hydrogen) atoms. The van der Waals surface area contributed by atoms with Gasteiger partial charge in [-0.15, -0.1) is 0 Å². The van der Waals surface area contributed by atoms with Crippen LogP contribution in [-0.4, -0.2) is 18.4 Å². The summed E-state index contributed by atoms with van der Waals surface area (Å²) in [7, 11) is 0. The molecule has 4 rings (SSSR count). The highest BCUT2D eigenvalue weighted by molar-refractivity contribution is 5.58. The van der Waals surface area contributed by atoms with Crippen molar-refractivity contribution >= 4 is 5.69 Å².